The van der Waals surface area contributed by atoms with Gasteiger partial charge in [-0.1, -0.05) is 6.92 Å². The number of rotatable bonds is 5. The largest absolute Gasteiger partial charge is 0.474 e. The van der Waals surface area contributed by atoms with Gasteiger partial charge >= 0.3 is 0 Å². The van der Waals surface area contributed by atoms with Crippen LogP contribution in [0.5, 0.6) is 5.88 Å². The zero-order valence-electron chi connectivity index (χ0n) is 12.1. The second kappa shape index (κ2) is 6.03. The quantitative estimate of drug-likeness (QED) is 0.609. The number of nitrogens with zero attached hydrogens (tertiary/aromatic N) is 2. The summed E-state index contributed by atoms with van der Waals surface area (Å²) in [5.74, 6) is -0.572. The second-order valence-electron chi connectivity index (χ2n) is 5.16. The molecule has 0 N–H and O–H groups in total. The Morgan fingerprint density at radius 2 is 2.35 bits per heavy atom. The summed E-state index contributed by atoms with van der Waals surface area (Å²) in [6.07, 6.45) is 2.97. The molecule has 1 aliphatic rings. The highest BCUT2D eigenvalue weighted by Gasteiger charge is 2.36. The highest BCUT2D eigenvalue weighted by atomic mass is 16.5. The summed E-state index contributed by atoms with van der Waals surface area (Å²) in [6, 6.07) is 3.37. The Morgan fingerprint density at radius 3 is 2.95 bits per heavy atom. The van der Waals surface area contributed by atoms with Crippen LogP contribution >= 0.6 is 0 Å². The van der Waals surface area contributed by atoms with E-state index in [9.17, 15) is 9.59 Å². The van der Waals surface area contributed by atoms with Crippen molar-refractivity contribution in [2.75, 3.05) is 13.6 Å². The summed E-state index contributed by atoms with van der Waals surface area (Å²) in [5.41, 5.74) is 0.404. The van der Waals surface area contributed by atoms with Gasteiger partial charge in [-0.3, -0.25) is 9.59 Å². The van der Waals surface area contributed by atoms with E-state index in [0.29, 0.717) is 24.4 Å². The number of carbonyl (C=O) groups is 2. The molecule has 1 aliphatic heterocycles. The molecule has 0 saturated carbocycles. The molecule has 0 aliphatic carbocycles. The molecule has 2 atom stereocenters. The topological polar surface area (TPSA) is 59.5 Å². The molecule has 0 aromatic carbocycles. The third-order valence-corrected chi connectivity index (χ3v) is 3.67. The van der Waals surface area contributed by atoms with E-state index in [4.69, 9.17) is 4.74 Å². The fourth-order valence-electron chi connectivity index (χ4n) is 2.20. The number of hydrogen-bond donors (Lipinski definition) is 0. The number of aromatic nitrogens is 1. The molecule has 1 aromatic rings. The van der Waals surface area contributed by atoms with Crippen molar-refractivity contribution in [2.45, 2.75) is 32.8 Å². The first-order valence-corrected chi connectivity index (χ1v) is 6.95. The lowest BCUT2D eigenvalue weighted by atomic mass is 9.97. The average molecular weight is 276 g/mol. The summed E-state index contributed by atoms with van der Waals surface area (Å²) in [7, 11) is 1.72. The smallest absolute Gasteiger partial charge is 0.233 e. The molecule has 0 spiro atoms. The molecular weight excluding hydrogens is 256 g/mol. The van der Waals surface area contributed by atoms with Gasteiger partial charge in [-0.2, -0.15) is 0 Å². The summed E-state index contributed by atoms with van der Waals surface area (Å²) in [5, 5.41) is 0. The molecular formula is C15H20N2O3. The van der Waals surface area contributed by atoms with Crippen molar-refractivity contribution in [1.29, 1.82) is 0 Å². The first-order valence-electron chi connectivity index (χ1n) is 6.95. The Morgan fingerprint density at radius 1 is 1.60 bits per heavy atom. The SMILES string of the molecule is CCC(C)Oc1ncccc1C(=O)C1CCN(C)C1=O. The standard InChI is InChI=1S/C15H20N2O3/c1-4-10(2)20-14-11(6-5-8-16-14)13(18)12-7-9-17(3)15(12)19/h5-6,8,10,12H,4,7,9H2,1-3H3. The molecule has 1 fully saturated rings. The highest BCUT2D eigenvalue weighted by molar-refractivity contribution is 6.11. The Hall–Kier alpha value is -1.91. The maximum Gasteiger partial charge on any atom is 0.233 e. The average Bonchev–Trinajstić information content (AvgIpc) is 2.79. The predicted octanol–water partition coefficient (Wildman–Crippen LogP) is 1.92. The van der Waals surface area contributed by atoms with Crippen molar-refractivity contribution in [2.24, 2.45) is 5.92 Å². The van der Waals surface area contributed by atoms with Gasteiger partial charge in [0.1, 0.15) is 5.92 Å². The van der Waals surface area contributed by atoms with E-state index in [1.165, 1.54) is 0 Å². The Balaban J connectivity index is 2.24. The zero-order chi connectivity index (χ0) is 14.7. The van der Waals surface area contributed by atoms with Crippen LogP contribution < -0.4 is 4.74 Å². The first-order chi connectivity index (χ1) is 9.54. The Labute approximate surface area is 118 Å². The van der Waals surface area contributed by atoms with Crippen LogP contribution in [0.1, 0.15) is 37.0 Å². The predicted molar refractivity (Wildman–Crippen MR) is 74.7 cm³/mol. The minimum Gasteiger partial charge on any atom is -0.474 e. The molecule has 1 saturated heterocycles. The van der Waals surface area contributed by atoms with Gasteiger partial charge in [0.2, 0.25) is 11.8 Å². The van der Waals surface area contributed by atoms with Gasteiger partial charge in [-0.05, 0) is 31.9 Å². The molecule has 0 radical (unpaired) electrons. The van der Waals surface area contributed by atoms with E-state index >= 15 is 0 Å². The molecule has 5 nitrogen and oxygen atoms in total. The number of ether oxygens (including phenoxy) is 1. The summed E-state index contributed by atoms with van der Waals surface area (Å²) < 4.78 is 5.68. The number of Topliss-reactive ketones (excluding diaryl/α,β-unsaturated/α-hetero) is 1. The molecule has 1 aromatic heterocycles. The van der Waals surface area contributed by atoms with E-state index in [2.05, 4.69) is 4.98 Å². The van der Waals surface area contributed by atoms with Gasteiger partial charge in [0.25, 0.3) is 0 Å². The fraction of sp³-hybridized carbons (Fsp3) is 0.533. The van der Waals surface area contributed by atoms with Gasteiger partial charge in [0.05, 0.1) is 11.7 Å². The monoisotopic (exact) mass is 276 g/mol. The van der Waals surface area contributed by atoms with E-state index in [1.54, 1.807) is 30.3 Å². The second-order valence-corrected chi connectivity index (χ2v) is 5.16. The van der Waals surface area contributed by atoms with E-state index in [-0.39, 0.29) is 17.8 Å². The number of pyridine rings is 1. The summed E-state index contributed by atoms with van der Waals surface area (Å²) in [4.78, 5) is 30.2. The minimum atomic E-state index is -0.594. The third-order valence-electron chi connectivity index (χ3n) is 3.67. The number of likely N-dealkylation sites (tertiary alicyclic amines) is 1. The van der Waals surface area contributed by atoms with Crippen molar-refractivity contribution < 1.29 is 14.3 Å². The molecule has 0 bridgehead atoms. The molecule has 20 heavy (non-hydrogen) atoms. The van der Waals surface area contributed by atoms with Gasteiger partial charge in [0.15, 0.2) is 5.78 Å². The molecule has 2 unspecified atom stereocenters. The molecule has 1 amide bonds. The van der Waals surface area contributed by atoms with E-state index < -0.39 is 5.92 Å². The van der Waals surface area contributed by atoms with Crippen LogP contribution in [0.2, 0.25) is 0 Å². The van der Waals surface area contributed by atoms with Gasteiger partial charge < -0.3 is 9.64 Å². The third kappa shape index (κ3) is 2.81. The maximum absolute atomic E-state index is 12.5. The summed E-state index contributed by atoms with van der Waals surface area (Å²) in [6.45, 7) is 4.55. The van der Waals surface area contributed by atoms with Crippen LogP contribution in [0.4, 0.5) is 0 Å². The lowest BCUT2D eigenvalue weighted by Gasteiger charge is -2.15. The molecule has 108 valence electrons. The van der Waals surface area contributed by atoms with Crippen molar-refractivity contribution in [3.63, 3.8) is 0 Å². The van der Waals surface area contributed by atoms with Crippen LogP contribution in [0, 0.1) is 5.92 Å². The van der Waals surface area contributed by atoms with Crippen molar-refractivity contribution in [3.8, 4) is 5.88 Å². The van der Waals surface area contributed by atoms with Crippen molar-refractivity contribution in [1.82, 2.24) is 9.88 Å². The number of hydrogen-bond acceptors (Lipinski definition) is 4. The van der Waals surface area contributed by atoms with Crippen LogP contribution in [-0.2, 0) is 4.79 Å². The van der Waals surface area contributed by atoms with Crippen LogP contribution in [-0.4, -0.2) is 41.3 Å². The van der Waals surface area contributed by atoms with Crippen LogP contribution in [0.25, 0.3) is 0 Å². The fourth-order valence-corrected chi connectivity index (χ4v) is 2.20. The highest BCUT2D eigenvalue weighted by Crippen LogP contribution is 2.26. The maximum atomic E-state index is 12.5. The first kappa shape index (κ1) is 14.5. The van der Waals surface area contributed by atoms with Gasteiger partial charge in [-0.25, -0.2) is 4.98 Å². The van der Waals surface area contributed by atoms with E-state index in [0.717, 1.165) is 6.42 Å². The number of ketones is 1. The Bertz CT molecular complexity index is 516. The van der Waals surface area contributed by atoms with Crippen molar-refractivity contribution >= 4 is 11.7 Å². The van der Waals surface area contributed by atoms with Crippen LogP contribution in [0.15, 0.2) is 18.3 Å². The summed E-state index contributed by atoms with van der Waals surface area (Å²) >= 11 is 0. The Kier molecular flexibility index (Phi) is 4.37. The molecule has 2 heterocycles. The number of carbonyl (C=O) groups excluding carboxylic acids is 2. The molecule has 2 rings (SSSR count). The van der Waals surface area contributed by atoms with E-state index in [1.807, 2.05) is 13.8 Å². The lowest BCUT2D eigenvalue weighted by molar-refractivity contribution is -0.128. The lowest BCUT2D eigenvalue weighted by Crippen LogP contribution is -2.27. The normalized spacial score (nSPS) is 20.1. The van der Waals surface area contributed by atoms with Crippen LogP contribution in [0.3, 0.4) is 0 Å². The van der Waals surface area contributed by atoms with Crippen molar-refractivity contribution in [3.05, 3.63) is 23.9 Å². The molecule has 5 heteroatoms. The van der Waals surface area contributed by atoms with Gasteiger partial charge in [0, 0.05) is 19.8 Å². The number of amides is 1. The zero-order valence-corrected chi connectivity index (χ0v) is 12.1. The van der Waals surface area contributed by atoms with Gasteiger partial charge in [-0.15, -0.1) is 0 Å². The minimum absolute atomic E-state index is 0.0154.